The molecule has 2 heterocycles. The molecule has 3 rings (SSSR count). The highest BCUT2D eigenvalue weighted by atomic mass is 35.5. The summed E-state index contributed by atoms with van der Waals surface area (Å²) < 4.78 is 0.441. The highest BCUT2D eigenvalue weighted by molar-refractivity contribution is 7.18. The van der Waals surface area contributed by atoms with E-state index in [1.165, 1.54) is 11.3 Å². The SMILES string of the molecule is O=C(O)C1CC2(CCN(C(=O)c3cc(Cl)c(Cl)s3)CC2)C1. The van der Waals surface area contributed by atoms with Gasteiger partial charge in [-0.2, -0.15) is 0 Å². The third kappa shape index (κ3) is 2.79. The average Bonchev–Trinajstić information content (AvgIpc) is 2.75. The molecule has 1 aromatic rings. The van der Waals surface area contributed by atoms with E-state index in [2.05, 4.69) is 0 Å². The van der Waals surface area contributed by atoms with Gasteiger partial charge in [-0.15, -0.1) is 11.3 Å². The minimum atomic E-state index is -0.693. The van der Waals surface area contributed by atoms with Crippen molar-refractivity contribution in [2.24, 2.45) is 11.3 Å². The second kappa shape index (κ2) is 5.45. The Morgan fingerprint density at radius 3 is 2.38 bits per heavy atom. The van der Waals surface area contributed by atoms with E-state index >= 15 is 0 Å². The molecule has 21 heavy (non-hydrogen) atoms. The highest BCUT2D eigenvalue weighted by Gasteiger charge is 2.49. The molecule has 1 saturated heterocycles. The Labute approximate surface area is 136 Å². The van der Waals surface area contributed by atoms with E-state index in [-0.39, 0.29) is 17.2 Å². The minimum absolute atomic E-state index is 0.0299. The van der Waals surface area contributed by atoms with Crippen LogP contribution in [0.5, 0.6) is 0 Å². The van der Waals surface area contributed by atoms with Crippen LogP contribution in [0.4, 0.5) is 0 Å². The first-order valence-electron chi connectivity index (χ1n) is 6.87. The van der Waals surface area contributed by atoms with Crippen molar-refractivity contribution in [3.63, 3.8) is 0 Å². The largest absolute Gasteiger partial charge is 0.481 e. The van der Waals surface area contributed by atoms with Gasteiger partial charge in [-0.05, 0) is 37.2 Å². The van der Waals surface area contributed by atoms with Gasteiger partial charge in [0.1, 0.15) is 4.34 Å². The fourth-order valence-corrected chi connectivity index (χ4v) is 4.70. The van der Waals surface area contributed by atoms with E-state index in [0.717, 1.165) is 25.7 Å². The first kappa shape index (κ1) is 15.1. The van der Waals surface area contributed by atoms with Crippen molar-refractivity contribution in [3.05, 3.63) is 20.3 Å². The number of nitrogens with zero attached hydrogens (tertiary/aromatic N) is 1. The lowest BCUT2D eigenvalue weighted by molar-refractivity contribution is -0.152. The number of carbonyl (C=O) groups is 2. The lowest BCUT2D eigenvalue weighted by Gasteiger charge is -2.50. The zero-order chi connectivity index (χ0) is 15.2. The fourth-order valence-electron chi connectivity index (χ4n) is 3.36. The summed E-state index contributed by atoms with van der Waals surface area (Å²) in [6.07, 6.45) is 3.27. The van der Waals surface area contributed by atoms with Crippen molar-refractivity contribution in [2.45, 2.75) is 25.7 Å². The number of carboxylic acids is 1. The number of likely N-dealkylation sites (tertiary alicyclic amines) is 1. The number of hydrogen-bond donors (Lipinski definition) is 1. The quantitative estimate of drug-likeness (QED) is 0.885. The Balaban J connectivity index is 1.59. The lowest BCUT2D eigenvalue weighted by atomic mass is 9.57. The van der Waals surface area contributed by atoms with Gasteiger partial charge in [-0.25, -0.2) is 0 Å². The molecule has 0 atom stereocenters. The normalized spacial score (nSPS) is 21.3. The number of amides is 1. The van der Waals surface area contributed by atoms with Crippen LogP contribution in [0.2, 0.25) is 9.36 Å². The molecule has 1 aliphatic carbocycles. The summed E-state index contributed by atoms with van der Waals surface area (Å²) in [5.74, 6) is -0.915. The predicted octanol–water partition coefficient (Wildman–Crippen LogP) is 3.77. The molecule has 0 radical (unpaired) electrons. The summed E-state index contributed by atoms with van der Waals surface area (Å²) in [4.78, 5) is 25.7. The van der Waals surface area contributed by atoms with E-state index in [4.69, 9.17) is 28.3 Å². The van der Waals surface area contributed by atoms with E-state index in [1.807, 2.05) is 4.90 Å². The molecule has 0 aromatic carbocycles. The minimum Gasteiger partial charge on any atom is -0.481 e. The number of aliphatic carboxylic acids is 1. The van der Waals surface area contributed by atoms with Crippen molar-refractivity contribution in [1.82, 2.24) is 4.90 Å². The summed E-state index contributed by atoms with van der Waals surface area (Å²) in [7, 11) is 0. The molecule has 2 aliphatic rings. The molecule has 0 bridgehead atoms. The molecule has 114 valence electrons. The van der Waals surface area contributed by atoms with Crippen LogP contribution in [0.1, 0.15) is 35.4 Å². The third-order valence-electron chi connectivity index (χ3n) is 4.68. The van der Waals surface area contributed by atoms with E-state index < -0.39 is 5.97 Å². The van der Waals surface area contributed by atoms with E-state index in [9.17, 15) is 9.59 Å². The van der Waals surface area contributed by atoms with Gasteiger partial charge >= 0.3 is 5.97 Å². The number of rotatable bonds is 2. The number of piperidine rings is 1. The van der Waals surface area contributed by atoms with Gasteiger partial charge in [0.05, 0.1) is 15.8 Å². The monoisotopic (exact) mass is 347 g/mol. The van der Waals surface area contributed by atoms with Crippen LogP contribution in [0.25, 0.3) is 0 Å². The maximum absolute atomic E-state index is 12.4. The van der Waals surface area contributed by atoms with Crippen LogP contribution in [0.3, 0.4) is 0 Å². The molecule has 7 heteroatoms. The first-order valence-corrected chi connectivity index (χ1v) is 8.44. The summed E-state index contributed by atoms with van der Waals surface area (Å²) in [6, 6.07) is 1.62. The Bertz CT molecular complexity index is 566. The Morgan fingerprint density at radius 1 is 1.29 bits per heavy atom. The first-order chi connectivity index (χ1) is 9.90. The predicted molar refractivity (Wildman–Crippen MR) is 82.3 cm³/mol. The van der Waals surface area contributed by atoms with Gasteiger partial charge in [0.25, 0.3) is 5.91 Å². The van der Waals surface area contributed by atoms with Gasteiger partial charge in [-0.1, -0.05) is 23.2 Å². The number of halogens is 2. The Kier molecular flexibility index (Phi) is 3.93. The zero-order valence-electron chi connectivity index (χ0n) is 11.3. The number of carbonyl (C=O) groups excluding carboxylic acids is 1. The molecule has 2 fully saturated rings. The summed E-state index contributed by atoms with van der Waals surface area (Å²) in [5, 5.41) is 9.39. The van der Waals surface area contributed by atoms with Crippen molar-refractivity contribution in [1.29, 1.82) is 0 Å². The van der Waals surface area contributed by atoms with Crippen LogP contribution < -0.4 is 0 Å². The van der Waals surface area contributed by atoms with Gasteiger partial charge < -0.3 is 10.0 Å². The van der Waals surface area contributed by atoms with Gasteiger partial charge in [0.15, 0.2) is 0 Å². The standard InChI is InChI=1S/C14H15Cl2NO3S/c15-9-5-10(21-11(9)16)12(18)17-3-1-14(2-4-17)6-8(7-14)13(19)20/h5,8H,1-4,6-7H2,(H,19,20). The second-order valence-electron chi connectivity index (χ2n) is 5.97. The maximum Gasteiger partial charge on any atom is 0.306 e. The maximum atomic E-state index is 12.4. The van der Waals surface area contributed by atoms with Gasteiger partial charge in [0.2, 0.25) is 0 Å². The number of hydrogen-bond acceptors (Lipinski definition) is 3. The van der Waals surface area contributed by atoms with Crippen molar-refractivity contribution in [3.8, 4) is 0 Å². The molecule has 1 aromatic heterocycles. The van der Waals surface area contributed by atoms with Gasteiger partial charge in [0, 0.05) is 13.1 Å². The molecule has 1 spiro atoms. The summed E-state index contributed by atoms with van der Waals surface area (Å²) >= 11 is 13.0. The smallest absolute Gasteiger partial charge is 0.306 e. The molecule has 1 amide bonds. The van der Waals surface area contributed by atoms with E-state index in [1.54, 1.807) is 6.07 Å². The molecule has 1 saturated carbocycles. The van der Waals surface area contributed by atoms with Crippen LogP contribution in [-0.2, 0) is 4.79 Å². The highest BCUT2D eigenvalue weighted by Crippen LogP contribution is 2.52. The van der Waals surface area contributed by atoms with Crippen LogP contribution in [0.15, 0.2) is 6.07 Å². The fraction of sp³-hybridized carbons (Fsp3) is 0.571. The summed E-state index contributed by atoms with van der Waals surface area (Å²) in [6.45, 7) is 1.36. The molecular formula is C14H15Cl2NO3S. The van der Waals surface area contributed by atoms with Crippen LogP contribution in [-0.4, -0.2) is 35.0 Å². The Morgan fingerprint density at radius 2 is 1.90 bits per heavy atom. The van der Waals surface area contributed by atoms with Gasteiger partial charge in [-0.3, -0.25) is 9.59 Å². The third-order valence-corrected chi connectivity index (χ3v) is 6.53. The zero-order valence-corrected chi connectivity index (χ0v) is 13.6. The molecule has 1 N–H and O–H groups in total. The van der Waals surface area contributed by atoms with Crippen LogP contribution in [0, 0.1) is 11.3 Å². The summed E-state index contributed by atoms with van der Waals surface area (Å²) in [5.41, 5.74) is 0.143. The molecular weight excluding hydrogens is 333 g/mol. The van der Waals surface area contributed by atoms with Crippen molar-refractivity contribution in [2.75, 3.05) is 13.1 Å². The topological polar surface area (TPSA) is 57.6 Å². The Hall–Kier alpha value is -0.780. The molecule has 0 unspecified atom stereocenters. The number of thiophene rings is 1. The molecule has 1 aliphatic heterocycles. The second-order valence-corrected chi connectivity index (χ2v) is 8.03. The average molecular weight is 348 g/mol. The van der Waals surface area contributed by atoms with Crippen molar-refractivity contribution >= 4 is 46.4 Å². The lowest BCUT2D eigenvalue weighted by Crippen LogP contribution is -2.50. The van der Waals surface area contributed by atoms with E-state index in [0.29, 0.717) is 27.3 Å². The van der Waals surface area contributed by atoms with Crippen molar-refractivity contribution < 1.29 is 14.7 Å². The molecule has 4 nitrogen and oxygen atoms in total. The number of carboxylic acid groups (broad SMARTS) is 1. The van der Waals surface area contributed by atoms with Crippen LogP contribution >= 0.6 is 34.5 Å².